The van der Waals surface area contributed by atoms with Crippen LogP contribution in [0.3, 0.4) is 0 Å². The molecule has 0 bridgehead atoms. The lowest BCUT2D eigenvalue weighted by Crippen LogP contribution is -2.38. The first-order valence-corrected chi connectivity index (χ1v) is 7.90. The summed E-state index contributed by atoms with van der Waals surface area (Å²) in [6.45, 7) is 3.79. The third-order valence-corrected chi connectivity index (χ3v) is 4.21. The van der Waals surface area contributed by atoms with E-state index in [1.165, 1.54) is 6.07 Å². The average molecular weight is 313 g/mol. The van der Waals surface area contributed by atoms with Crippen LogP contribution in [-0.4, -0.2) is 28.9 Å². The van der Waals surface area contributed by atoms with E-state index in [9.17, 15) is 9.18 Å². The first kappa shape index (κ1) is 15.5. The summed E-state index contributed by atoms with van der Waals surface area (Å²) in [5, 5.41) is 2.96. The van der Waals surface area contributed by atoms with E-state index in [0.717, 1.165) is 25.9 Å². The number of aromatic nitrogens is 1. The summed E-state index contributed by atoms with van der Waals surface area (Å²) in [5.74, 6) is 0.323. The van der Waals surface area contributed by atoms with Crippen molar-refractivity contribution in [2.45, 2.75) is 19.8 Å². The molecule has 0 radical (unpaired) electrons. The monoisotopic (exact) mass is 313 g/mol. The number of hydrogen-bond donors (Lipinski definition) is 1. The second-order valence-corrected chi connectivity index (χ2v) is 6.01. The second-order valence-electron chi connectivity index (χ2n) is 6.01. The summed E-state index contributed by atoms with van der Waals surface area (Å²) in [6, 6.07) is 9.88. The molecule has 0 atom stereocenters. The van der Waals surface area contributed by atoms with Gasteiger partial charge in [-0.15, -0.1) is 0 Å². The molecule has 1 aliphatic rings. The lowest BCUT2D eigenvalue weighted by atomic mass is 9.99. The van der Waals surface area contributed by atoms with Gasteiger partial charge in [0, 0.05) is 13.1 Å². The molecule has 1 aromatic carbocycles. The Morgan fingerprint density at radius 3 is 2.61 bits per heavy atom. The van der Waals surface area contributed by atoms with E-state index in [-0.39, 0.29) is 11.7 Å². The number of piperidine rings is 1. The quantitative estimate of drug-likeness (QED) is 0.936. The van der Waals surface area contributed by atoms with Crippen LogP contribution in [-0.2, 0) is 0 Å². The van der Waals surface area contributed by atoms with Crippen molar-refractivity contribution in [1.82, 2.24) is 9.88 Å². The zero-order valence-electron chi connectivity index (χ0n) is 13.1. The van der Waals surface area contributed by atoms with Crippen molar-refractivity contribution in [2.75, 3.05) is 18.4 Å². The van der Waals surface area contributed by atoms with E-state index >= 15 is 0 Å². The third kappa shape index (κ3) is 3.67. The highest BCUT2D eigenvalue weighted by molar-refractivity contribution is 5.92. The molecule has 4 nitrogen and oxygen atoms in total. The number of nitrogens with one attached hydrogen (secondary N) is 1. The molecule has 0 aliphatic carbocycles. The minimum absolute atomic E-state index is 0.0330. The zero-order valence-corrected chi connectivity index (χ0v) is 13.1. The standard InChI is InChI=1S/C18H20FN3O/c1-13-8-10-22(11-9-13)18(23)17-7-6-14(12-20-17)21-16-5-3-2-4-15(16)19/h2-7,12-13,21H,8-11H2,1H3. The maximum absolute atomic E-state index is 13.6. The van der Waals surface area contributed by atoms with Crippen molar-refractivity contribution in [1.29, 1.82) is 0 Å². The van der Waals surface area contributed by atoms with E-state index in [0.29, 0.717) is 23.0 Å². The van der Waals surface area contributed by atoms with Crippen LogP contribution in [0.5, 0.6) is 0 Å². The third-order valence-electron chi connectivity index (χ3n) is 4.21. The molecule has 1 saturated heterocycles. The fourth-order valence-electron chi connectivity index (χ4n) is 2.69. The summed E-state index contributed by atoms with van der Waals surface area (Å²) in [7, 11) is 0. The van der Waals surface area contributed by atoms with Gasteiger partial charge in [-0.25, -0.2) is 9.37 Å². The van der Waals surface area contributed by atoms with Crippen molar-refractivity contribution in [3.8, 4) is 0 Å². The minimum atomic E-state index is -0.324. The summed E-state index contributed by atoms with van der Waals surface area (Å²) < 4.78 is 13.6. The van der Waals surface area contributed by atoms with Gasteiger partial charge in [0.05, 0.1) is 17.6 Å². The van der Waals surface area contributed by atoms with Gasteiger partial charge in [-0.05, 0) is 43.0 Å². The lowest BCUT2D eigenvalue weighted by Gasteiger charge is -2.30. The molecule has 120 valence electrons. The smallest absolute Gasteiger partial charge is 0.272 e. The molecule has 0 unspecified atom stereocenters. The molecule has 1 aliphatic heterocycles. The Bertz CT molecular complexity index is 679. The number of nitrogens with zero attached hydrogens (tertiary/aromatic N) is 2. The summed E-state index contributed by atoms with van der Waals surface area (Å²) in [4.78, 5) is 18.5. The number of amides is 1. The SMILES string of the molecule is CC1CCN(C(=O)c2ccc(Nc3ccccc3F)cn2)CC1. The van der Waals surface area contributed by atoms with Crippen LogP contribution in [0.25, 0.3) is 0 Å². The van der Waals surface area contributed by atoms with E-state index in [1.54, 1.807) is 36.5 Å². The number of rotatable bonds is 3. The molecule has 1 N–H and O–H groups in total. The number of carbonyl (C=O) groups is 1. The first-order chi connectivity index (χ1) is 11.1. The van der Waals surface area contributed by atoms with E-state index in [4.69, 9.17) is 0 Å². The number of benzene rings is 1. The number of anilines is 2. The molecule has 1 aromatic heterocycles. The molecule has 2 heterocycles. The van der Waals surface area contributed by atoms with Crippen LogP contribution in [0.2, 0.25) is 0 Å². The number of pyridine rings is 1. The molecule has 1 amide bonds. The van der Waals surface area contributed by atoms with Gasteiger partial charge in [-0.2, -0.15) is 0 Å². The molecule has 1 fully saturated rings. The van der Waals surface area contributed by atoms with Crippen molar-refractivity contribution in [2.24, 2.45) is 5.92 Å². The highest BCUT2D eigenvalue weighted by atomic mass is 19.1. The second kappa shape index (κ2) is 6.77. The van der Waals surface area contributed by atoms with Gasteiger partial charge in [0.1, 0.15) is 11.5 Å². The summed E-state index contributed by atoms with van der Waals surface area (Å²) >= 11 is 0. The molecule has 23 heavy (non-hydrogen) atoms. The Kier molecular flexibility index (Phi) is 4.55. The van der Waals surface area contributed by atoms with E-state index in [2.05, 4.69) is 17.2 Å². The van der Waals surface area contributed by atoms with Crippen LogP contribution in [0.1, 0.15) is 30.3 Å². The van der Waals surface area contributed by atoms with Crippen molar-refractivity contribution < 1.29 is 9.18 Å². The van der Waals surface area contributed by atoms with Gasteiger partial charge in [-0.3, -0.25) is 4.79 Å². The molecule has 5 heteroatoms. The van der Waals surface area contributed by atoms with Crippen LogP contribution in [0.15, 0.2) is 42.6 Å². The highest BCUT2D eigenvalue weighted by Gasteiger charge is 2.22. The van der Waals surface area contributed by atoms with Gasteiger partial charge < -0.3 is 10.2 Å². The minimum Gasteiger partial charge on any atom is -0.352 e. The Morgan fingerprint density at radius 1 is 1.22 bits per heavy atom. The maximum Gasteiger partial charge on any atom is 0.272 e. The molecule has 3 rings (SSSR count). The Labute approximate surface area is 135 Å². The largest absolute Gasteiger partial charge is 0.352 e. The fourth-order valence-corrected chi connectivity index (χ4v) is 2.69. The number of carbonyl (C=O) groups excluding carboxylic acids is 1. The van der Waals surface area contributed by atoms with Gasteiger partial charge in [-0.1, -0.05) is 19.1 Å². The van der Waals surface area contributed by atoms with Crippen LogP contribution >= 0.6 is 0 Å². The normalized spacial score (nSPS) is 15.5. The predicted molar refractivity (Wildman–Crippen MR) is 88.2 cm³/mol. The summed E-state index contributed by atoms with van der Waals surface area (Å²) in [6.07, 6.45) is 3.64. The predicted octanol–water partition coefficient (Wildman–Crippen LogP) is 3.84. The number of hydrogen-bond acceptors (Lipinski definition) is 3. The zero-order chi connectivity index (χ0) is 16.2. The van der Waals surface area contributed by atoms with Crippen LogP contribution in [0.4, 0.5) is 15.8 Å². The van der Waals surface area contributed by atoms with Crippen LogP contribution in [0, 0.1) is 11.7 Å². The average Bonchev–Trinajstić information content (AvgIpc) is 2.58. The lowest BCUT2D eigenvalue weighted by molar-refractivity contribution is 0.0691. The maximum atomic E-state index is 13.6. The molecule has 0 saturated carbocycles. The molecular weight excluding hydrogens is 293 g/mol. The fraction of sp³-hybridized carbons (Fsp3) is 0.333. The molecule has 2 aromatic rings. The number of para-hydroxylation sites is 1. The van der Waals surface area contributed by atoms with Gasteiger partial charge in [0.2, 0.25) is 0 Å². The van der Waals surface area contributed by atoms with E-state index < -0.39 is 0 Å². The van der Waals surface area contributed by atoms with Gasteiger partial charge in [0.25, 0.3) is 5.91 Å². The number of halogens is 1. The highest BCUT2D eigenvalue weighted by Crippen LogP contribution is 2.20. The first-order valence-electron chi connectivity index (χ1n) is 7.90. The number of likely N-dealkylation sites (tertiary alicyclic amines) is 1. The van der Waals surface area contributed by atoms with Crippen molar-refractivity contribution in [3.05, 3.63) is 54.1 Å². The Balaban J connectivity index is 1.67. The van der Waals surface area contributed by atoms with Crippen molar-refractivity contribution >= 4 is 17.3 Å². The van der Waals surface area contributed by atoms with Crippen LogP contribution < -0.4 is 5.32 Å². The van der Waals surface area contributed by atoms with E-state index in [1.807, 2.05) is 4.90 Å². The Morgan fingerprint density at radius 2 is 1.96 bits per heavy atom. The van der Waals surface area contributed by atoms with Gasteiger partial charge >= 0.3 is 0 Å². The van der Waals surface area contributed by atoms with Gasteiger partial charge in [0.15, 0.2) is 0 Å². The topological polar surface area (TPSA) is 45.2 Å². The molecule has 0 spiro atoms. The molecular formula is C18H20FN3O. The summed E-state index contributed by atoms with van der Waals surface area (Å²) in [5.41, 5.74) is 1.47. The Hall–Kier alpha value is -2.43. The van der Waals surface area contributed by atoms with Crippen molar-refractivity contribution in [3.63, 3.8) is 0 Å².